The van der Waals surface area contributed by atoms with Crippen molar-refractivity contribution in [2.75, 3.05) is 0 Å². The molecule has 0 aromatic rings. The quantitative estimate of drug-likeness (QED) is 0.471. The average molecular weight is 196 g/mol. The van der Waals surface area contributed by atoms with Gasteiger partial charge in [-0.3, -0.25) is 0 Å². The van der Waals surface area contributed by atoms with E-state index in [4.69, 9.17) is 0 Å². The maximum absolute atomic E-state index is 3.55. The molecule has 0 aliphatic heterocycles. The topological polar surface area (TPSA) is 0 Å². The van der Waals surface area contributed by atoms with Crippen LogP contribution < -0.4 is 0 Å². The number of unbranched alkanes of at least 4 members (excludes halogenated alkanes) is 2. The maximum Gasteiger partial charge on any atom is 0 e. The van der Waals surface area contributed by atoms with Crippen molar-refractivity contribution in [2.24, 2.45) is 0 Å². The monoisotopic (exact) mass is 196 g/mol. The molecule has 0 heterocycles. The van der Waals surface area contributed by atoms with Crippen molar-refractivity contribution >= 4 is 0 Å². The third-order valence-electron chi connectivity index (χ3n) is 0.986. The molecule has 0 aliphatic rings. The largest absolute Gasteiger partial charge is 0.103 e. The molecule has 0 bridgehead atoms. The summed E-state index contributed by atoms with van der Waals surface area (Å²) in [5.41, 5.74) is 0. The number of allylic oxidation sites excluding steroid dienone is 2. The Kier molecular flexibility index (Phi) is 35.2. The van der Waals surface area contributed by atoms with E-state index in [0.29, 0.717) is 0 Å². The van der Waals surface area contributed by atoms with Gasteiger partial charge in [-0.25, -0.2) is 0 Å². The predicted molar refractivity (Wildman–Crippen MR) is 50.2 cm³/mol. The van der Waals surface area contributed by atoms with Gasteiger partial charge in [0.15, 0.2) is 0 Å². The van der Waals surface area contributed by atoms with Gasteiger partial charge in [-0.1, -0.05) is 38.8 Å². The van der Waals surface area contributed by atoms with E-state index in [-0.39, 0.29) is 17.1 Å². The minimum Gasteiger partial charge on any atom is -0.103 e. The molecule has 11 heavy (non-hydrogen) atoms. The number of hydrogen-bond donors (Lipinski definition) is 0. The summed E-state index contributed by atoms with van der Waals surface area (Å²) in [4.78, 5) is 0. The molecule has 68 valence electrons. The van der Waals surface area contributed by atoms with Gasteiger partial charge in [0.05, 0.1) is 0 Å². The van der Waals surface area contributed by atoms with Gasteiger partial charge in [-0.05, 0) is 12.8 Å². The van der Waals surface area contributed by atoms with Crippen LogP contribution in [-0.2, 0) is 17.1 Å². The van der Waals surface area contributed by atoms with Gasteiger partial charge < -0.3 is 0 Å². The van der Waals surface area contributed by atoms with Crippen LogP contribution in [-0.4, -0.2) is 0 Å². The summed E-state index contributed by atoms with van der Waals surface area (Å²) in [7, 11) is 0. The van der Waals surface area contributed by atoms with Gasteiger partial charge in [0.2, 0.25) is 0 Å². The second-order valence-electron chi connectivity index (χ2n) is 2.15. The summed E-state index contributed by atoms with van der Waals surface area (Å²) < 4.78 is 0. The van der Waals surface area contributed by atoms with Crippen LogP contribution in [0.15, 0.2) is 25.3 Å². The first-order valence-electron chi connectivity index (χ1n) is 4.05. The van der Waals surface area contributed by atoms with Gasteiger partial charge in [0.1, 0.15) is 0 Å². The van der Waals surface area contributed by atoms with E-state index in [1.54, 1.807) is 0 Å². The summed E-state index contributed by atoms with van der Waals surface area (Å²) in [6, 6.07) is 0. The molecule has 0 atom stereocenters. The minimum atomic E-state index is 0. The molecule has 1 heteroatoms. The molecular formula is C10H20Fe. The molecule has 0 N–H and O–H groups in total. The fourth-order valence-corrected chi connectivity index (χ4v) is 0.408. The van der Waals surface area contributed by atoms with E-state index in [1.165, 1.54) is 12.8 Å². The Morgan fingerprint density at radius 3 is 1.18 bits per heavy atom. The van der Waals surface area contributed by atoms with E-state index in [0.717, 1.165) is 12.8 Å². The second kappa shape index (κ2) is 22.5. The molecule has 0 saturated carbocycles. The van der Waals surface area contributed by atoms with E-state index in [9.17, 15) is 0 Å². The summed E-state index contributed by atoms with van der Waals surface area (Å²) in [5, 5.41) is 0. The van der Waals surface area contributed by atoms with Crippen LogP contribution in [0.2, 0.25) is 0 Å². The SMILES string of the molecule is C=CCCC.C=CCCC.[Fe]. The molecule has 0 aromatic heterocycles. The van der Waals surface area contributed by atoms with Gasteiger partial charge in [0.25, 0.3) is 0 Å². The Balaban J connectivity index is -0.000000107. The smallest absolute Gasteiger partial charge is 0 e. The Morgan fingerprint density at radius 2 is 1.18 bits per heavy atom. The third kappa shape index (κ3) is 40.0. The van der Waals surface area contributed by atoms with Crippen molar-refractivity contribution in [1.29, 1.82) is 0 Å². The van der Waals surface area contributed by atoms with Crippen molar-refractivity contribution < 1.29 is 17.1 Å². The summed E-state index contributed by atoms with van der Waals surface area (Å²) in [5.74, 6) is 0. The molecule has 0 aromatic carbocycles. The molecular weight excluding hydrogens is 176 g/mol. The molecule has 0 rings (SSSR count). The van der Waals surface area contributed by atoms with Crippen molar-refractivity contribution in [3.8, 4) is 0 Å². The first-order chi connectivity index (χ1) is 4.83. The van der Waals surface area contributed by atoms with Crippen LogP contribution in [0.25, 0.3) is 0 Å². The van der Waals surface area contributed by atoms with Gasteiger partial charge >= 0.3 is 0 Å². The predicted octanol–water partition coefficient (Wildman–Crippen LogP) is 3.94. The zero-order valence-electron chi connectivity index (χ0n) is 7.75. The zero-order chi connectivity index (χ0) is 8.24. The fourth-order valence-electron chi connectivity index (χ4n) is 0.408. The minimum absolute atomic E-state index is 0. The maximum atomic E-state index is 3.55. The molecule has 0 amide bonds. The standard InChI is InChI=1S/2C5H10.Fe/c2*1-3-5-4-2;/h2*3H,1,4-5H2,2H3;. The van der Waals surface area contributed by atoms with Crippen LogP contribution in [0.1, 0.15) is 39.5 Å². The normalized spacial score (nSPS) is 6.73. The van der Waals surface area contributed by atoms with Crippen molar-refractivity contribution in [1.82, 2.24) is 0 Å². The van der Waals surface area contributed by atoms with E-state index in [2.05, 4.69) is 27.0 Å². The van der Waals surface area contributed by atoms with E-state index >= 15 is 0 Å². The molecule has 0 aliphatic carbocycles. The second-order valence-corrected chi connectivity index (χ2v) is 2.15. The molecule has 0 nitrogen and oxygen atoms in total. The van der Waals surface area contributed by atoms with Crippen LogP contribution in [0.4, 0.5) is 0 Å². The van der Waals surface area contributed by atoms with Crippen molar-refractivity contribution in [3.63, 3.8) is 0 Å². The van der Waals surface area contributed by atoms with Crippen LogP contribution in [0, 0.1) is 0 Å². The molecule has 0 fully saturated rings. The first-order valence-corrected chi connectivity index (χ1v) is 4.05. The molecule has 0 spiro atoms. The third-order valence-corrected chi connectivity index (χ3v) is 0.986. The van der Waals surface area contributed by atoms with Crippen LogP contribution >= 0.6 is 0 Å². The van der Waals surface area contributed by atoms with Crippen LogP contribution in [0.3, 0.4) is 0 Å². The van der Waals surface area contributed by atoms with E-state index < -0.39 is 0 Å². The average Bonchev–Trinajstić information content (AvgIpc) is 1.93. The molecule has 0 unspecified atom stereocenters. The van der Waals surface area contributed by atoms with E-state index in [1.807, 2.05) is 12.2 Å². The Morgan fingerprint density at radius 1 is 0.909 bits per heavy atom. The van der Waals surface area contributed by atoms with Crippen LogP contribution in [0.5, 0.6) is 0 Å². The molecule has 0 radical (unpaired) electrons. The van der Waals surface area contributed by atoms with Gasteiger partial charge in [-0.15, -0.1) is 13.2 Å². The van der Waals surface area contributed by atoms with Gasteiger partial charge in [-0.2, -0.15) is 0 Å². The van der Waals surface area contributed by atoms with Gasteiger partial charge in [0, 0.05) is 17.1 Å². The first kappa shape index (κ1) is 17.2. The Bertz CT molecular complexity index is 57.3. The Hall–Kier alpha value is -0.000519. The molecule has 0 saturated heterocycles. The fraction of sp³-hybridized carbons (Fsp3) is 0.600. The zero-order valence-corrected chi connectivity index (χ0v) is 8.86. The number of rotatable bonds is 4. The Labute approximate surface area is 82.2 Å². The summed E-state index contributed by atoms with van der Waals surface area (Å²) >= 11 is 0. The van der Waals surface area contributed by atoms with Crippen molar-refractivity contribution in [3.05, 3.63) is 25.3 Å². The van der Waals surface area contributed by atoms with Crippen molar-refractivity contribution in [2.45, 2.75) is 39.5 Å². The summed E-state index contributed by atoms with van der Waals surface area (Å²) in [6.45, 7) is 11.4. The summed E-state index contributed by atoms with van der Waals surface area (Å²) in [6.07, 6.45) is 8.62. The number of hydrogen-bond acceptors (Lipinski definition) is 0.